The summed E-state index contributed by atoms with van der Waals surface area (Å²) in [4.78, 5) is 22.0. The maximum atomic E-state index is 11.6. The molecule has 2 N–H and O–H groups in total. The van der Waals surface area contributed by atoms with Crippen LogP contribution in [0.15, 0.2) is 24.3 Å². The fourth-order valence-corrected chi connectivity index (χ4v) is 1.56. The summed E-state index contributed by atoms with van der Waals surface area (Å²) < 4.78 is 0. The van der Waals surface area contributed by atoms with Gasteiger partial charge in [-0.15, -0.1) is 0 Å². The van der Waals surface area contributed by atoms with E-state index in [1.54, 1.807) is 31.2 Å². The molecule has 0 spiro atoms. The van der Waals surface area contributed by atoms with Crippen molar-refractivity contribution in [1.29, 1.82) is 0 Å². The Balaban J connectivity index is 2.44. The number of carboxylic acids is 1. The summed E-state index contributed by atoms with van der Waals surface area (Å²) in [6, 6.07) is 6.75. The number of aliphatic carboxylic acids is 1. The van der Waals surface area contributed by atoms with Crippen molar-refractivity contribution in [2.45, 2.75) is 19.8 Å². The number of carbonyl (C=O) groups excluding carboxylic acids is 1. The van der Waals surface area contributed by atoms with Crippen molar-refractivity contribution < 1.29 is 14.7 Å². The first-order valence-electron chi connectivity index (χ1n) is 5.24. The van der Waals surface area contributed by atoms with Crippen LogP contribution in [0.2, 0.25) is 5.02 Å². The molecule has 0 aliphatic rings. The third-order valence-corrected chi connectivity index (χ3v) is 2.44. The van der Waals surface area contributed by atoms with Crippen LogP contribution in [-0.4, -0.2) is 17.0 Å². The zero-order valence-electron chi connectivity index (χ0n) is 9.44. The van der Waals surface area contributed by atoms with Gasteiger partial charge in [0.15, 0.2) is 0 Å². The van der Waals surface area contributed by atoms with E-state index in [2.05, 4.69) is 5.32 Å². The molecule has 1 amide bonds. The van der Waals surface area contributed by atoms with Gasteiger partial charge in [0.25, 0.3) is 0 Å². The molecule has 1 aromatic carbocycles. The second-order valence-corrected chi connectivity index (χ2v) is 4.40. The number of amides is 1. The van der Waals surface area contributed by atoms with Gasteiger partial charge in [-0.05, 0) is 30.2 Å². The lowest BCUT2D eigenvalue weighted by molar-refractivity contribution is -0.138. The van der Waals surface area contributed by atoms with E-state index in [-0.39, 0.29) is 24.7 Å². The number of benzene rings is 1. The van der Waals surface area contributed by atoms with Gasteiger partial charge in [-0.2, -0.15) is 0 Å². The van der Waals surface area contributed by atoms with Gasteiger partial charge in [-0.3, -0.25) is 9.59 Å². The van der Waals surface area contributed by atoms with Crippen molar-refractivity contribution in [2.24, 2.45) is 5.92 Å². The van der Waals surface area contributed by atoms with E-state index < -0.39 is 5.97 Å². The summed E-state index contributed by atoms with van der Waals surface area (Å²) in [6.07, 6.45) is 0.183. The summed E-state index contributed by atoms with van der Waals surface area (Å²) in [5.41, 5.74) is 0.655. The molecular weight excluding hydrogens is 242 g/mol. The average molecular weight is 256 g/mol. The van der Waals surface area contributed by atoms with E-state index in [9.17, 15) is 9.59 Å². The van der Waals surface area contributed by atoms with Gasteiger partial charge in [0.05, 0.1) is 0 Å². The first-order chi connectivity index (χ1) is 7.97. The standard InChI is InChI=1S/C12H14ClNO3/c1-8(7-12(16)17)6-11(15)14-10-4-2-9(13)3-5-10/h2-5,8H,6-7H2,1H3,(H,14,15)(H,16,17). The van der Waals surface area contributed by atoms with E-state index in [1.165, 1.54) is 0 Å². The topological polar surface area (TPSA) is 66.4 Å². The normalized spacial score (nSPS) is 11.9. The Kier molecular flexibility index (Phi) is 4.97. The van der Waals surface area contributed by atoms with Gasteiger partial charge in [0.1, 0.15) is 0 Å². The molecule has 4 nitrogen and oxygen atoms in total. The third kappa shape index (κ3) is 5.36. The zero-order valence-corrected chi connectivity index (χ0v) is 10.2. The Bertz CT molecular complexity index is 403. The number of hydrogen-bond acceptors (Lipinski definition) is 2. The number of anilines is 1. The number of carboxylic acid groups (broad SMARTS) is 1. The highest BCUT2D eigenvalue weighted by atomic mass is 35.5. The molecule has 0 aromatic heterocycles. The van der Waals surface area contributed by atoms with Crippen molar-refractivity contribution in [3.8, 4) is 0 Å². The van der Waals surface area contributed by atoms with E-state index in [4.69, 9.17) is 16.7 Å². The smallest absolute Gasteiger partial charge is 0.303 e. The van der Waals surface area contributed by atoms with Gasteiger partial charge in [-0.25, -0.2) is 0 Å². The van der Waals surface area contributed by atoms with Gasteiger partial charge < -0.3 is 10.4 Å². The molecule has 1 aromatic rings. The van der Waals surface area contributed by atoms with Gasteiger partial charge >= 0.3 is 5.97 Å². The molecule has 92 valence electrons. The van der Waals surface area contributed by atoms with Crippen molar-refractivity contribution in [3.05, 3.63) is 29.3 Å². The highest BCUT2D eigenvalue weighted by molar-refractivity contribution is 6.30. The molecule has 0 heterocycles. The molecule has 0 fully saturated rings. The van der Waals surface area contributed by atoms with Crippen LogP contribution in [0, 0.1) is 5.92 Å². The average Bonchev–Trinajstić information content (AvgIpc) is 2.19. The summed E-state index contributed by atoms with van der Waals surface area (Å²) in [5, 5.41) is 11.9. The van der Waals surface area contributed by atoms with Gasteiger partial charge in [-0.1, -0.05) is 18.5 Å². The summed E-state index contributed by atoms with van der Waals surface area (Å²) in [6.45, 7) is 1.73. The van der Waals surface area contributed by atoms with Crippen molar-refractivity contribution >= 4 is 29.2 Å². The lowest BCUT2D eigenvalue weighted by atomic mass is 10.0. The maximum absolute atomic E-state index is 11.6. The predicted molar refractivity (Wildman–Crippen MR) is 66.1 cm³/mol. The summed E-state index contributed by atoms with van der Waals surface area (Å²) in [7, 11) is 0. The number of hydrogen-bond donors (Lipinski definition) is 2. The quantitative estimate of drug-likeness (QED) is 0.850. The van der Waals surface area contributed by atoms with E-state index in [0.717, 1.165) is 0 Å². The molecule has 1 rings (SSSR count). The molecule has 0 radical (unpaired) electrons. The van der Waals surface area contributed by atoms with Gasteiger partial charge in [0, 0.05) is 23.6 Å². The van der Waals surface area contributed by atoms with Gasteiger partial charge in [0.2, 0.25) is 5.91 Å². The van der Waals surface area contributed by atoms with Crippen LogP contribution in [-0.2, 0) is 9.59 Å². The largest absolute Gasteiger partial charge is 0.481 e. The molecule has 1 unspecified atom stereocenters. The van der Waals surface area contributed by atoms with Crippen LogP contribution in [0.3, 0.4) is 0 Å². The Labute approximate surface area is 105 Å². The van der Waals surface area contributed by atoms with E-state index >= 15 is 0 Å². The molecule has 1 atom stereocenters. The van der Waals surface area contributed by atoms with Crippen molar-refractivity contribution in [1.82, 2.24) is 0 Å². The van der Waals surface area contributed by atoms with Crippen LogP contribution >= 0.6 is 11.6 Å². The van der Waals surface area contributed by atoms with Crippen LogP contribution < -0.4 is 5.32 Å². The zero-order chi connectivity index (χ0) is 12.8. The summed E-state index contributed by atoms with van der Waals surface area (Å²) >= 11 is 5.71. The van der Waals surface area contributed by atoms with Crippen LogP contribution in [0.5, 0.6) is 0 Å². The fourth-order valence-electron chi connectivity index (χ4n) is 1.43. The second-order valence-electron chi connectivity index (χ2n) is 3.96. The molecule has 5 heteroatoms. The predicted octanol–water partition coefficient (Wildman–Crippen LogP) is 2.78. The van der Waals surface area contributed by atoms with E-state index in [0.29, 0.717) is 10.7 Å². The molecule has 0 bridgehead atoms. The second kappa shape index (κ2) is 6.25. The lowest BCUT2D eigenvalue weighted by Gasteiger charge is -2.09. The number of rotatable bonds is 5. The Morgan fingerprint density at radius 1 is 1.29 bits per heavy atom. The Hall–Kier alpha value is -1.55. The monoisotopic (exact) mass is 255 g/mol. The van der Waals surface area contributed by atoms with Crippen LogP contribution in [0.1, 0.15) is 19.8 Å². The minimum absolute atomic E-state index is 0.00591. The molecular formula is C12H14ClNO3. The first kappa shape index (κ1) is 13.5. The maximum Gasteiger partial charge on any atom is 0.303 e. The van der Waals surface area contributed by atoms with Crippen LogP contribution in [0.4, 0.5) is 5.69 Å². The Morgan fingerprint density at radius 2 is 1.88 bits per heavy atom. The first-order valence-corrected chi connectivity index (χ1v) is 5.62. The van der Waals surface area contributed by atoms with Crippen molar-refractivity contribution in [3.63, 3.8) is 0 Å². The molecule has 17 heavy (non-hydrogen) atoms. The van der Waals surface area contributed by atoms with E-state index in [1.807, 2.05) is 0 Å². The SMILES string of the molecule is CC(CC(=O)O)CC(=O)Nc1ccc(Cl)cc1. The summed E-state index contributed by atoms with van der Waals surface area (Å²) in [5.74, 6) is -1.27. The Morgan fingerprint density at radius 3 is 2.41 bits per heavy atom. The lowest BCUT2D eigenvalue weighted by Crippen LogP contribution is -2.16. The minimum Gasteiger partial charge on any atom is -0.481 e. The minimum atomic E-state index is -0.892. The molecule has 0 saturated carbocycles. The number of carbonyl (C=O) groups is 2. The molecule has 0 aliphatic carbocycles. The van der Waals surface area contributed by atoms with Crippen LogP contribution in [0.25, 0.3) is 0 Å². The number of nitrogens with one attached hydrogen (secondary N) is 1. The van der Waals surface area contributed by atoms with Crippen molar-refractivity contribution in [2.75, 3.05) is 5.32 Å². The molecule has 0 aliphatic heterocycles. The number of halogens is 1. The highest BCUT2D eigenvalue weighted by Crippen LogP contribution is 2.15. The highest BCUT2D eigenvalue weighted by Gasteiger charge is 2.12. The fraction of sp³-hybridized carbons (Fsp3) is 0.333. The molecule has 0 saturated heterocycles. The third-order valence-electron chi connectivity index (χ3n) is 2.18.